The zero-order valence-corrected chi connectivity index (χ0v) is 10.8. The van der Waals surface area contributed by atoms with Gasteiger partial charge in [-0.15, -0.1) is 6.58 Å². The molecule has 1 saturated heterocycles. The fraction of sp³-hybridized carbons (Fsp3) is 0.385. The molecule has 1 aromatic rings. The first-order valence-corrected chi connectivity index (χ1v) is 6.23. The fourth-order valence-corrected chi connectivity index (χ4v) is 1.81. The number of hydrogen-bond donors (Lipinski definition) is 0. The molecule has 0 atom stereocenters. The maximum Gasteiger partial charge on any atom is 0.223 e. The number of allylic oxidation sites excluding steroid dienone is 1. The highest BCUT2D eigenvalue weighted by Gasteiger charge is 2.31. The van der Waals surface area contributed by atoms with Crippen LogP contribution in [0.1, 0.15) is 12.8 Å². The number of ether oxygens (including phenoxy) is 1. The number of halogens is 1. The van der Waals surface area contributed by atoms with E-state index < -0.39 is 0 Å². The number of aromatic nitrogens is 1. The molecule has 0 unspecified atom stereocenters. The Kier molecular flexibility index (Phi) is 4.20. The van der Waals surface area contributed by atoms with Crippen LogP contribution in [0.4, 0.5) is 0 Å². The number of pyridine rings is 1. The van der Waals surface area contributed by atoms with Gasteiger partial charge in [0.05, 0.1) is 18.1 Å². The molecule has 2 heterocycles. The zero-order valence-electron chi connectivity index (χ0n) is 10.0. The van der Waals surface area contributed by atoms with Crippen LogP contribution >= 0.6 is 11.6 Å². The lowest BCUT2D eigenvalue weighted by Crippen LogP contribution is -2.56. The highest BCUT2D eigenvalue weighted by Crippen LogP contribution is 2.18. The van der Waals surface area contributed by atoms with Gasteiger partial charge in [-0.05, 0) is 12.5 Å². The van der Waals surface area contributed by atoms with Gasteiger partial charge in [0.25, 0.3) is 0 Å². The maximum atomic E-state index is 11.6. The molecule has 0 aromatic carbocycles. The van der Waals surface area contributed by atoms with Crippen LogP contribution in [0.15, 0.2) is 31.0 Å². The van der Waals surface area contributed by atoms with Crippen LogP contribution in [-0.4, -0.2) is 35.0 Å². The van der Waals surface area contributed by atoms with E-state index >= 15 is 0 Å². The van der Waals surface area contributed by atoms with Crippen molar-refractivity contribution in [3.05, 3.63) is 36.0 Å². The minimum atomic E-state index is 0.0337. The molecule has 0 saturated carbocycles. The minimum Gasteiger partial charge on any atom is -0.471 e. The fourth-order valence-electron chi connectivity index (χ4n) is 1.70. The molecule has 5 heteroatoms. The second-order valence-electron chi connectivity index (χ2n) is 4.18. The first kappa shape index (κ1) is 12.9. The summed E-state index contributed by atoms with van der Waals surface area (Å²) in [5, 5.41) is 0.581. The summed E-state index contributed by atoms with van der Waals surface area (Å²) in [6, 6.07) is 3.46. The Morgan fingerprint density at radius 3 is 3.00 bits per heavy atom. The van der Waals surface area contributed by atoms with Gasteiger partial charge >= 0.3 is 0 Å². The molecular formula is C13H15ClN2O2. The smallest absolute Gasteiger partial charge is 0.223 e. The van der Waals surface area contributed by atoms with E-state index in [1.54, 1.807) is 29.3 Å². The molecule has 1 amide bonds. The quantitative estimate of drug-likeness (QED) is 0.768. The van der Waals surface area contributed by atoms with Crippen LogP contribution in [0.2, 0.25) is 5.02 Å². The molecule has 96 valence electrons. The van der Waals surface area contributed by atoms with Crippen molar-refractivity contribution in [1.29, 1.82) is 0 Å². The first-order valence-electron chi connectivity index (χ1n) is 5.86. The number of hydrogen-bond acceptors (Lipinski definition) is 3. The number of carbonyl (C=O) groups excluding carboxylic acids is 1. The van der Waals surface area contributed by atoms with Gasteiger partial charge in [0, 0.05) is 18.7 Å². The monoisotopic (exact) mass is 266 g/mol. The zero-order chi connectivity index (χ0) is 13.0. The van der Waals surface area contributed by atoms with Crippen molar-refractivity contribution in [3.8, 4) is 5.88 Å². The minimum absolute atomic E-state index is 0.0337. The topological polar surface area (TPSA) is 42.4 Å². The summed E-state index contributed by atoms with van der Waals surface area (Å²) in [5.74, 6) is 0.696. The predicted molar refractivity (Wildman–Crippen MR) is 69.7 cm³/mol. The van der Waals surface area contributed by atoms with Crippen LogP contribution in [0.5, 0.6) is 5.88 Å². The van der Waals surface area contributed by atoms with Gasteiger partial charge in [0.1, 0.15) is 6.10 Å². The highest BCUT2D eigenvalue weighted by atomic mass is 35.5. The van der Waals surface area contributed by atoms with Gasteiger partial charge < -0.3 is 9.64 Å². The first-order chi connectivity index (χ1) is 8.69. The van der Waals surface area contributed by atoms with Crippen molar-refractivity contribution in [1.82, 2.24) is 9.88 Å². The van der Waals surface area contributed by atoms with Crippen molar-refractivity contribution in [2.75, 3.05) is 13.1 Å². The molecule has 0 spiro atoms. The third-order valence-electron chi connectivity index (χ3n) is 2.75. The second-order valence-corrected chi connectivity index (χ2v) is 4.62. The molecule has 0 bridgehead atoms. The third-order valence-corrected chi connectivity index (χ3v) is 2.97. The van der Waals surface area contributed by atoms with Gasteiger partial charge in [-0.2, -0.15) is 0 Å². The van der Waals surface area contributed by atoms with E-state index in [1.807, 2.05) is 0 Å². The van der Waals surface area contributed by atoms with Gasteiger partial charge in [-0.1, -0.05) is 17.7 Å². The Bertz CT molecular complexity index is 427. The Balaban J connectivity index is 1.74. The maximum absolute atomic E-state index is 11.6. The Morgan fingerprint density at radius 2 is 2.39 bits per heavy atom. The Morgan fingerprint density at radius 1 is 1.61 bits per heavy atom. The second kappa shape index (κ2) is 5.87. The van der Waals surface area contributed by atoms with E-state index in [0.29, 0.717) is 30.4 Å². The molecule has 2 rings (SSSR count). The molecular weight excluding hydrogens is 252 g/mol. The normalized spacial score (nSPS) is 15.1. The van der Waals surface area contributed by atoms with Crippen molar-refractivity contribution in [3.63, 3.8) is 0 Å². The summed E-state index contributed by atoms with van der Waals surface area (Å²) in [6.07, 6.45) is 4.58. The molecule has 1 aromatic heterocycles. The lowest BCUT2D eigenvalue weighted by molar-refractivity contribution is -0.140. The van der Waals surface area contributed by atoms with Crippen LogP contribution in [0, 0.1) is 0 Å². The average molecular weight is 267 g/mol. The molecule has 0 aliphatic carbocycles. The summed E-state index contributed by atoms with van der Waals surface area (Å²) in [4.78, 5) is 17.4. The molecule has 0 N–H and O–H groups in total. The van der Waals surface area contributed by atoms with Gasteiger partial charge in [0.15, 0.2) is 0 Å². The number of amides is 1. The summed E-state index contributed by atoms with van der Waals surface area (Å²) < 4.78 is 5.61. The molecule has 18 heavy (non-hydrogen) atoms. The van der Waals surface area contributed by atoms with Crippen LogP contribution < -0.4 is 4.74 Å². The molecule has 1 aliphatic heterocycles. The van der Waals surface area contributed by atoms with E-state index in [9.17, 15) is 4.79 Å². The lowest BCUT2D eigenvalue weighted by Gasteiger charge is -2.38. The Labute approximate surface area is 111 Å². The van der Waals surface area contributed by atoms with Gasteiger partial charge in [0.2, 0.25) is 11.8 Å². The highest BCUT2D eigenvalue weighted by molar-refractivity contribution is 6.30. The van der Waals surface area contributed by atoms with Crippen molar-refractivity contribution in [2.24, 2.45) is 0 Å². The third kappa shape index (κ3) is 3.23. The largest absolute Gasteiger partial charge is 0.471 e. The summed E-state index contributed by atoms with van der Waals surface area (Å²) in [7, 11) is 0. The predicted octanol–water partition coefficient (Wildman–Crippen LogP) is 2.29. The summed E-state index contributed by atoms with van der Waals surface area (Å²) in [6.45, 7) is 4.85. The van der Waals surface area contributed by atoms with Crippen molar-refractivity contribution >= 4 is 17.5 Å². The molecule has 1 aliphatic rings. The number of carbonyl (C=O) groups is 1. The number of nitrogens with zero attached hydrogens (tertiary/aromatic N) is 2. The molecule has 1 fully saturated rings. The standard InChI is InChI=1S/C13H15ClN2O2/c1-2-3-4-13(17)16-8-11(9-16)18-12-6-5-10(14)7-15-12/h2,5-7,11H,1,3-4,8-9H2. The van der Waals surface area contributed by atoms with Crippen molar-refractivity contribution < 1.29 is 9.53 Å². The van der Waals surface area contributed by atoms with Crippen LogP contribution in [-0.2, 0) is 4.79 Å². The molecule has 4 nitrogen and oxygen atoms in total. The van der Waals surface area contributed by atoms with E-state index in [1.165, 1.54) is 0 Å². The van der Waals surface area contributed by atoms with E-state index in [-0.39, 0.29) is 12.0 Å². The Hall–Kier alpha value is -1.55. The van der Waals surface area contributed by atoms with E-state index in [2.05, 4.69) is 11.6 Å². The lowest BCUT2D eigenvalue weighted by atomic mass is 10.1. The number of rotatable bonds is 5. The van der Waals surface area contributed by atoms with Crippen molar-refractivity contribution in [2.45, 2.75) is 18.9 Å². The summed E-state index contributed by atoms with van der Waals surface area (Å²) in [5.41, 5.74) is 0. The summed E-state index contributed by atoms with van der Waals surface area (Å²) >= 11 is 5.73. The van der Waals surface area contributed by atoms with Crippen LogP contribution in [0.25, 0.3) is 0 Å². The van der Waals surface area contributed by atoms with Gasteiger partial charge in [-0.3, -0.25) is 4.79 Å². The van der Waals surface area contributed by atoms with E-state index in [0.717, 1.165) is 6.42 Å². The van der Waals surface area contributed by atoms with E-state index in [4.69, 9.17) is 16.3 Å². The van der Waals surface area contributed by atoms with Gasteiger partial charge in [-0.25, -0.2) is 4.98 Å². The average Bonchev–Trinajstić information content (AvgIpc) is 2.32. The SMILES string of the molecule is C=CCCC(=O)N1CC(Oc2ccc(Cl)cn2)C1. The number of likely N-dealkylation sites (tertiary alicyclic amines) is 1. The van der Waals surface area contributed by atoms with Crippen LogP contribution in [0.3, 0.4) is 0 Å². The molecule has 0 radical (unpaired) electrons.